The molecule has 0 aliphatic heterocycles. The van der Waals surface area contributed by atoms with Crippen LogP contribution in [0.1, 0.15) is 18.0 Å². The SMILES string of the molecule is CC(Sc1ccccc1Cl)c1nn[nH]n1. The normalized spacial score (nSPS) is 12.7. The fourth-order valence-corrected chi connectivity index (χ4v) is 2.32. The number of rotatable bonds is 3. The highest BCUT2D eigenvalue weighted by atomic mass is 35.5. The van der Waals surface area contributed by atoms with Crippen LogP contribution in [-0.2, 0) is 0 Å². The van der Waals surface area contributed by atoms with Gasteiger partial charge in [-0.2, -0.15) is 5.21 Å². The van der Waals surface area contributed by atoms with Crippen LogP contribution in [-0.4, -0.2) is 20.6 Å². The molecule has 6 heteroatoms. The van der Waals surface area contributed by atoms with E-state index in [-0.39, 0.29) is 5.25 Å². The fourth-order valence-electron chi connectivity index (χ4n) is 1.13. The number of aromatic nitrogens is 4. The van der Waals surface area contributed by atoms with Crippen LogP contribution in [0, 0.1) is 0 Å². The zero-order valence-corrected chi connectivity index (χ0v) is 9.59. The third kappa shape index (κ3) is 2.49. The number of benzene rings is 1. The Balaban J connectivity index is 2.13. The quantitative estimate of drug-likeness (QED) is 0.839. The summed E-state index contributed by atoms with van der Waals surface area (Å²) in [6, 6.07) is 7.71. The predicted molar refractivity (Wildman–Crippen MR) is 59.9 cm³/mol. The van der Waals surface area contributed by atoms with Gasteiger partial charge < -0.3 is 0 Å². The summed E-state index contributed by atoms with van der Waals surface area (Å²) in [6.45, 7) is 2.01. The number of thioether (sulfide) groups is 1. The Labute approximate surface area is 96.4 Å². The molecule has 2 rings (SSSR count). The molecule has 0 aliphatic carbocycles. The maximum Gasteiger partial charge on any atom is 0.187 e. The van der Waals surface area contributed by atoms with Crippen LogP contribution in [0.15, 0.2) is 29.2 Å². The van der Waals surface area contributed by atoms with Crippen LogP contribution in [0.3, 0.4) is 0 Å². The Morgan fingerprint density at radius 2 is 2.20 bits per heavy atom. The van der Waals surface area contributed by atoms with E-state index >= 15 is 0 Å². The lowest BCUT2D eigenvalue weighted by molar-refractivity contribution is 0.881. The van der Waals surface area contributed by atoms with E-state index in [2.05, 4.69) is 20.6 Å². The van der Waals surface area contributed by atoms with Gasteiger partial charge in [0.25, 0.3) is 0 Å². The Hall–Kier alpha value is -1.07. The van der Waals surface area contributed by atoms with Gasteiger partial charge >= 0.3 is 0 Å². The van der Waals surface area contributed by atoms with E-state index < -0.39 is 0 Å². The molecule has 1 aromatic heterocycles. The Morgan fingerprint density at radius 1 is 1.40 bits per heavy atom. The van der Waals surface area contributed by atoms with Gasteiger partial charge in [-0.1, -0.05) is 28.9 Å². The first-order chi connectivity index (χ1) is 7.27. The van der Waals surface area contributed by atoms with Crippen LogP contribution < -0.4 is 0 Å². The first-order valence-electron chi connectivity index (χ1n) is 4.42. The summed E-state index contributed by atoms with van der Waals surface area (Å²) in [6.07, 6.45) is 0. The van der Waals surface area contributed by atoms with E-state index in [1.165, 1.54) is 0 Å². The van der Waals surface area contributed by atoms with Gasteiger partial charge in [-0.3, -0.25) is 0 Å². The molecule has 0 saturated carbocycles. The molecule has 1 atom stereocenters. The number of nitrogens with one attached hydrogen (secondary N) is 1. The van der Waals surface area contributed by atoms with Crippen molar-refractivity contribution in [2.45, 2.75) is 17.1 Å². The minimum absolute atomic E-state index is 0.128. The van der Waals surface area contributed by atoms with Crippen LogP contribution >= 0.6 is 23.4 Å². The van der Waals surface area contributed by atoms with Crippen molar-refractivity contribution in [3.63, 3.8) is 0 Å². The molecule has 0 radical (unpaired) electrons. The first kappa shape index (κ1) is 10.4. The van der Waals surface area contributed by atoms with Gasteiger partial charge in [-0.15, -0.1) is 22.0 Å². The van der Waals surface area contributed by atoms with Crippen molar-refractivity contribution in [3.05, 3.63) is 35.1 Å². The molecule has 1 N–H and O–H groups in total. The van der Waals surface area contributed by atoms with Crippen molar-refractivity contribution in [1.29, 1.82) is 0 Å². The van der Waals surface area contributed by atoms with Crippen molar-refractivity contribution in [1.82, 2.24) is 20.6 Å². The highest BCUT2D eigenvalue weighted by Crippen LogP contribution is 2.36. The maximum absolute atomic E-state index is 6.04. The van der Waals surface area contributed by atoms with Crippen molar-refractivity contribution in [2.24, 2.45) is 0 Å². The van der Waals surface area contributed by atoms with E-state index in [4.69, 9.17) is 11.6 Å². The van der Waals surface area contributed by atoms with E-state index in [1.807, 2.05) is 31.2 Å². The van der Waals surface area contributed by atoms with Crippen molar-refractivity contribution in [3.8, 4) is 0 Å². The molecular formula is C9H9ClN4S. The Morgan fingerprint density at radius 3 is 2.87 bits per heavy atom. The van der Waals surface area contributed by atoms with Crippen LogP contribution in [0.4, 0.5) is 0 Å². The van der Waals surface area contributed by atoms with Gasteiger partial charge in [0.1, 0.15) is 0 Å². The molecule has 0 spiro atoms. The second-order valence-corrected chi connectivity index (χ2v) is 4.75. The zero-order valence-electron chi connectivity index (χ0n) is 8.01. The molecule has 0 amide bonds. The molecule has 78 valence electrons. The van der Waals surface area contributed by atoms with Gasteiger partial charge in [0, 0.05) is 4.90 Å². The fraction of sp³-hybridized carbons (Fsp3) is 0.222. The van der Waals surface area contributed by atoms with Crippen LogP contribution in [0.5, 0.6) is 0 Å². The van der Waals surface area contributed by atoms with Crippen molar-refractivity contribution in [2.75, 3.05) is 0 Å². The molecular weight excluding hydrogens is 232 g/mol. The van der Waals surface area contributed by atoms with Gasteiger partial charge in [-0.25, -0.2) is 0 Å². The number of hydrogen-bond acceptors (Lipinski definition) is 4. The summed E-state index contributed by atoms with van der Waals surface area (Å²) in [7, 11) is 0. The number of aromatic amines is 1. The third-order valence-corrected chi connectivity index (χ3v) is 3.48. The highest BCUT2D eigenvalue weighted by Gasteiger charge is 2.13. The molecule has 15 heavy (non-hydrogen) atoms. The zero-order chi connectivity index (χ0) is 10.7. The lowest BCUT2D eigenvalue weighted by Crippen LogP contribution is -1.91. The molecule has 1 aromatic carbocycles. The molecule has 4 nitrogen and oxygen atoms in total. The van der Waals surface area contributed by atoms with E-state index in [1.54, 1.807) is 11.8 Å². The number of halogens is 1. The van der Waals surface area contributed by atoms with E-state index in [0.29, 0.717) is 5.82 Å². The second kappa shape index (κ2) is 4.63. The third-order valence-electron chi connectivity index (χ3n) is 1.87. The molecule has 0 bridgehead atoms. The molecule has 0 saturated heterocycles. The summed E-state index contributed by atoms with van der Waals surface area (Å²) in [5, 5.41) is 14.7. The summed E-state index contributed by atoms with van der Waals surface area (Å²) < 4.78 is 0. The lowest BCUT2D eigenvalue weighted by Gasteiger charge is -2.07. The van der Waals surface area contributed by atoms with E-state index in [9.17, 15) is 0 Å². The van der Waals surface area contributed by atoms with Gasteiger partial charge in [0.05, 0.1) is 10.3 Å². The molecule has 1 unspecified atom stereocenters. The summed E-state index contributed by atoms with van der Waals surface area (Å²) >= 11 is 7.66. The molecule has 1 heterocycles. The molecule has 0 fully saturated rings. The monoisotopic (exact) mass is 240 g/mol. The highest BCUT2D eigenvalue weighted by molar-refractivity contribution is 7.99. The molecule has 2 aromatic rings. The number of tetrazole rings is 1. The van der Waals surface area contributed by atoms with Crippen molar-refractivity contribution >= 4 is 23.4 Å². The van der Waals surface area contributed by atoms with E-state index in [0.717, 1.165) is 9.92 Å². The van der Waals surface area contributed by atoms with Crippen LogP contribution in [0.25, 0.3) is 0 Å². The second-order valence-electron chi connectivity index (χ2n) is 2.96. The van der Waals surface area contributed by atoms with Crippen LogP contribution in [0.2, 0.25) is 5.02 Å². The summed E-state index contributed by atoms with van der Waals surface area (Å²) in [5.74, 6) is 0.680. The molecule has 0 aliphatic rings. The Bertz CT molecular complexity index is 431. The average Bonchev–Trinajstić information content (AvgIpc) is 2.74. The predicted octanol–water partition coefficient (Wildman–Crippen LogP) is 2.71. The maximum atomic E-state index is 6.04. The standard InChI is InChI=1S/C9H9ClN4S/c1-6(9-11-13-14-12-9)15-8-5-3-2-4-7(8)10/h2-6H,1H3,(H,11,12,13,14). The lowest BCUT2D eigenvalue weighted by atomic mass is 10.4. The summed E-state index contributed by atoms with van der Waals surface area (Å²) in [4.78, 5) is 1.02. The van der Waals surface area contributed by atoms with Gasteiger partial charge in [0.2, 0.25) is 0 Å². The Kier molecular flexibility index (Phi) is 3.23. The minimum atomic E-state index is 0.128. The number of nitrogens with zero attached hydrogens (tertiary/aromatic N) is 3. The average molecular weight is 241 g/mol. The van der Waals surface area contributed by atoms with Gasteiger partial charge in [0.15, 0.2) is 5.82 Å². The largest absolute Gasteiger partial charge is 0.187 e. The number of hydrogen-bond donors (Lipinski definition) is 1. The van der Waals surface area contributed by atoms with Gasteiger partial charge in [-0.05, 0) is 19.1 Å². The summed E-state index contributed by atoms with van der Waals surface area (Å²) in [5.41, 5.74) is 0. The first-order valence-corrected chi connectivity index (χ1v) is 5.67. The topological polar surface area (TPSA) is 54.5 Å². The smallest absolute Gasteiger partial charge is 0.177 e. The number of H-pyrrole nitrogens is 1. The minimum Gasteiger partial charge on any atom is -0.177 e. The van der Waals surface area contributed by atoms with Crippen molar-refractivity contribution < 1.29 is 0 Å².